The van der Waals surface area contributed by atoms with Gasteiger partial charge in [-0.3, -0.25) is 4.90 Å². The van der Waals surface area contributed by atoms with E-state index in [9.17, 15) is 0 Å². The zero-order valence-electron chi connectivity index (χ0n) is 11.1. The van der Waals surface area contributed by atoms with E-state index >= 15 is 0 Å². The molecule has 1 heterocycles. The normalized spacial score (nSPS) is 28.3. The van der Waals surface area contributed by atoms with Gasteiger partial charge in [0.1, 0.15) is 0 Å². The first-order valence-electron chi connectivity index (χ1n) is 7.44. The summed E-state index contributed by atoms with van der Waals surface area (Å²) in [4.78, 5) is 2.75. The van der Waals surface area contributed by atoms with Gasteiger partial charge in [0.2, 0.25) is 0 Å². The Morgan fingerprint density at radius 2 is 2.06 bits per heavy atom. The minimum atomic E-state index is 0.665. The number of rotatable bonds is 3. The molecular formula is C16H24N2. The van der Waals surface area contributed by atoms with Gasteiger partial charge in [0.25, 0.3) is 0 Å². The fraction of sp³-hybridized carbons (Fsp3) is 0.625. The first-order chi connectivity index (χ1) is 8.90. The number of nitrogens with two attached hydrogens (primary N) is 1. The lowest BCUT2D eigenvalue weighted by Gasteiger charge is -2.40. The highest BCUT2D eigenvalue weighted by atomic mass is 15.2. The molecule has 2 nitrogen and oxygen atoms in total. The monoisotopic (exact) mass is 244 g/mol. The summed E-state index contributed by atoms with van der Waals surface area (Å²) < 4.78 is 0. The first-order valence-corrected chi connectivity index (χ1v) is 7.44. The zero-order chi connectivity index (χ0) is 12.4. The molecule has 1 aliphatic heterocycles. The summed E-state index contributed by atoms with van der Waals surface area (Å²) >= 11 is 0. The van der Waals surface area contributed by atoms with Crippen molar-refractivity contribution in [3.8, 4) is 0 Å². The van der Waals surface area contributed by atoms with Crippen molar-refractivity contribution in [2.45, 2.75) is 50.6 Å². The van der Waals surface area contributed by atoms with Crippen LogP contribution in [0, 0.1) is 0 Å². The molecule has 2 N–H and O–H groups in total. The number of nitrogens with zero attached hydrogens (tertiary/aromatic N) is 1. The predicted molar refractivity (Wildman–Crippen MR) is 75.5 cm³/mol. The Morgan fingerprint density at radius 3 is 2.94 bits per heavy atom. The summed E-state index contributed by atoms with van der Waals surface area (Å²) in [6.07, 6.45) is 7.82. The Balaban J connectivity index is 1.81. The number of likely N-dealkylation sites (tertiary alicyclic amines) is 1. The van der Waals surface area contributed by atoms with E-state index in [2.05, 4.69) is 29.2 Å². The van der Waals surface area contributed by atoms with Crippen molar-refractivity contribution in [2.24, 2.45) is 5.73 Å². The minimum Gasteiger partial charge on any atom is -0.330 e. The molecule has 0 radical (unpaired) electrons. The van der Waals surface area contributed by atoms with Crippen LogP contribution in [0.5, 0.6) is 0 Å². The van der Waals surface area contributed by atoms with Crippen molar-refractivity contribution in [1.29, 1.82) is 0 Å². The summed E-state index contributed by atoms with van der Waals surface area (Å²) in [7, 11) is 0. The summed E-state index contributed by atoms with van der Waals surface area (Å²) in [6.45, 7) is 2.10. The Morgan fingerprint density at radius 1 is 1.17 bits per heavy atom. The Bertz CT molecular complexity index is 400. The second kappa shape index (κ2) is 5.41. The fourth-order valence-electron chi connectivity index (χ4n) is 3.81. The summed E-state index contributed by atoms with van der Waals surface area (Å²) in [5.41, 5.74) is 8.94. The number of piperidine rings is 1. The maximum Gasteiger partial charge on any atom is 0.0356 e. The van der Waals surface area contributed by atoms with Crippen LogP contribution >= 0.6 is 0 Å². The first kappa shape index (κ1) is 12.2. The molecule has 3 rings (SSSR count). The molecule has 0 spiro atoms. The topological polar surface area (TPSA) is 29.3 Å². The average Bonchev–Trinajstić information content (AvgIpc) is 2.84. The van der Waals surface area contributed by atoms with Gasteiger partial charge in [-0.25, -0.2) is 0 Å². The van der Waals surface area contributed by atoms with Crippen LogP contribution in [0.25, 0.3) is 0 Å². The van der Waals surface area contributed by atoms with E-state index in [-0.39, 0.29) is 0 Å². The molecule has 1 aromatic carbocycles. The van der Waals surface area contributed by atoms with E-state index in [4.69, 9.17) is 5.73 Å². The summed E-state index contributed by atoms with van der Waals surface area (Å²) in [5.74, 6) is 0. The van der Waals surface area contributed by atoms with Crippen molar-refractivity contribution in [2.75, 3.05) is 13.1 Å². The third kappa shape index (κ3) is 2.19. The molecule has 2 atom stereocenters. The van der Waals surface area contributed by atoms with Crippen LogP contribution in [-0.2, 0) is 6.42 Å². The molecule has 18 heavy (non-hydrogen) atoms. The van der Waals surface area contributed by atoms with Crippen LogP contribution < -0.4 is 5.73 Å². The SMILES string of the molecule is NCCC1CCCCN1C1CCc2ccccc21. The van der Waals surface area contributed by atoms with Crippen LogP contribution in [0.1, 0.15) is 49.3 Å². The van der Waals surface area contributed by atoms with Crippen LogP contribution in [0.2, 0.25) is 0 Å². The largest absolute Gasteiger partial charge is 0.330 e. The molecular weight excluding hydrogens is 220 g/mol. The fourth-order valence-corrected chi connectivity index (χ4v) is 3.81. The second-order valence-corrected chi connectivity index (χ2v) is 5.72. The van der Waals surface area contributed by atoms with E-state index in [1.807, 2.05) is 0 Å². The molecule has 2 unspecified atom stereocenters. The van der Waals surface area contributed by atoms with Crippen molar-refractivity contribution < 1.29 is 0 Å². The average molecular weight is 244 g/mol. The summed E-state index contributed by atoms with van der Waals surface area (Å²) in [6, 6.07) is 10.4. The molecule has 1 aliphatic carbocycles. The smallest absolute Gasteiger partial charge is 0.0356 e. The van der Waals surface area contributed by atoms with Crippen molar-refractivity contribution in [1.82, 2.24) is 4.90 Å². The van der Waals surface area contributed by atoms with E-state index in [0.29, 0.717) is 6.04 Å². The lowest BCUT2D eigenvalue weighted by molar-refractivity contribution is 0.0900. The lowest BCUT2D eigenvalue weighted by Crippen LogP contribution is -2.42. The van der Waals surface area contributed by atoms with Gasteiger partial charge in [-0.15, -0.1) is 0 Å². The van der Waals surface area contributed by atoms with Crippen molar-refractivity contribution >= 4 is 0 Å². The van der Waals surface area contributed by atoms with Crippen molar-refractivity contribution in [3.05, 3.63) is 35.4 Å². The highest BCUT2D eigenvalue weighted by molar-refractivity contribution is 5.34. The zero-order valence-corrected chi connectivity index (χ0v) is 11.1. The minimum absolute atomic E-state index is 0.665. The quantitative estimate of drug-likeness (QED) is 0.886. The lowest BCUT2D eigenvalue weighted by atomic mass is 9.95. The van der Waals surface area contributed by atoms with Gasteiger partial charge in [0.15, 0.2) is 0 Å². The van der Waals surface area contributed by atoms with Gasteiger partial charge in [-0.1, -0.05) is 30.7 Å². The molecule has 1 fully saturated rings. The second-order valence-electron chi connectivity index (χ2n) is 5.72. The van der Waals surface area contributed by atoms with E-state index in [0.717, 1.165) is 12.6 Å². The van der Waals surface area contributed by atoms with Crippen LogP contribution in [0.4, 0.5) is 0 Å². The number of hydrogen-bond donors (Lipinski definition) is 1. The van der Waals surface area contributed by atoms with Gasteiger partial charge in [-0.05, 0) is 56.3 Å². The summed E-state index contributed by atoms with van der Waals surface area (Å²) in [5, 5.41) is 0. The Kier molecular flexibility index (Phi) is 3.67. The molecule has 98 valence electrons. The van der Waals surface area contributed by atoms with E-state index in [1.165, 1.54) is 45.1 Å². The highest BCUT2D eigenvalue weighted by Gasteiger charge is 2.32. The molecule has 0 amide bonds. The predicted octanol–water partition coefficient (Wildman–Crippen LogP) is 2.88. The molecule has 1 saturated heterocycles. The molecule has 0 bridgehead atoms. The highest BCUT2D eigenvalue weighted by Crippen LogP contribution is 2.39. The molecule has 0 aromatic heterocycles. The number of aryl methyl sites for hydroxylation is 1. The number of benzene rings is 1. The maximum absolute atomic E-state index is 5.79. The van der Waals surface area contributed by atoms with Gasteiger partial charge < -0.3 is 5.73 Å². The van der Waals surface area contributed by atoms with Gasteiger partial charge >= 0.3 is 0 Å². The van der Waals surface area contributed by atoms with E-state index in [1.54, 1.807) is 11.1 Å². The Hall–Kier alpha value is -0.860. The molecule has 2 heteroatoms. The number of fused-ring (bicyclic) bond motifs is 1. The van der Waals surface area contributed by atoms with Crippen LogP contribution in [0.15, 0.2) is 24.3 Å². The molecule has 1 aromatic rings. The van der Waals surface area contributed by atoms with Crippen LogP contribution in [0.3, 0.4) is 0 Å². The van der Waals surface area contributed by atoms with E-state index < -0.39 is 0 Å². The van der Waals surface area contributed by atoms with Crippen molar-refractivity contribution in [3.63, 3.8) is 0 Å². The Labute approximate surface area is 110 Å². The standard InChI is InChI=1S/C16H24N2/c17-11-10-14-6-3-4-12-18(14)16-9-8-13-5-1-2-7-15(13)16/h1-2,5,7,14,16H,3-4,6,8-12,17H2. The molecule has 2 aliphatic rings. The van der Waals surface area contributed by atoms with Gasteiger partial charge in [0.05, 0.1) is 0 Å². The van der Waals surface area contributed by atoms with Gasteiger partial charge in [0, 0.05) is 12.1 Å². The third-order valence-electron chi connectivity index (χ3n) is 4.67. The number of hydrogen-bond acceptors (Lipinski definition) is 2. The van der Waals surface area contributed by atoms with Gasteiger partial charge in [-0.2, -0.15) is 0 Å². The molecule has 0 saturated carbocycles. The third-order valence-corrected chi connectivity index (χ3v) is 4.67. The maximum atomic E-state index is 5.79. The van der Waals surface area contributed by atoms with Crippen LogP contribution in [-0.4, -0.2) is 24.0 Å².